The van der Waals surface area contributed by atoms with Crippen molar-refractivity contribution in [2.24, 2.45) is 0 Å². The molecule has 0 atom stereocenters. The smallest absolute Gasteiger partial charge is 0.100 e. The number of hydrogen-bond donors (Lipinski definition) is 0. The van der Waals surface area contributed by atoms with Crippen LogP contribution in [0.25, 0.3) is 0 Å². The van der Waals surface area contributed by atoms with E-state index >= 15 is 0 Å². The van der Waals surface area contributed by atoms with Gasteiger partial charge in [-0.05, 0) is 36.8 Å². The van der Waals surface area contributed by atoms with Gasteiger partial charge in [-0.2, -0.15) is 5.26 Å². The zero-order valence-electron chi connectivity index (χ0n) is 9.27. The summed E-state index contributed by atoms with van der Waals surface area (Å²) in [4.78, 5) is 1.91. The molecule has 0 spiro atoms. The van der Waals surface area contributed by atoms with E-state index in [4.69, 9.17) is 16.9 Å². The number of hydrogen-bond acceptors (Lipinski definition) is 2. The van der Waals surface area contributed by atoms with Gasteiger partial charge in [0, 0.05) is 9.79 Å². The van der Waals surface area contributed by atoms with Crippen LogP contribution in [-0.2, 0) is 0 Å². The molecule has 2 rings (SSSR count). The zero-order chi connectivity index (χ0) is 12.3. The van der Waals surface area contributed by atoms with Crippen molar-refractivity contribution in [2.45, 2.75) is 16.7 Å². The number of nitrogens with zero attached hydrogens (tertiary/aromatic N) is 1. The minimum Gasteiger partial charge on any atom is -0.192 e. The van der Waals surface area contributed by atoms with Crippen molar-refractivity contribution in [3.8, 4) is 6.07 Å². The molecule has 0 heterocycles. The molecule has 0 unspecified atom stereocenters. The van der Waals surface area contributed by atoms with Crippen LogP contribution in [0, 0.1) is 18.3 Å². The van der Waals surface area contributed by atoms with Crippen molar-refractivity contribution in [2.75, 3.05) is 0 Å². The Kier molecular flexibility index (Phi) is 3.73. The molecule has 0 saturated heterocycles. The van der Waals surface area contributed by atoms with Crippen molar-refractivity contribution in [3.63, 3.8) is 0 Å². The second kappa shape index (κ2) is 5.27. The summed E-state index contributed by atoms with van der Waals surface area (Å²) in [7, 11) is 0. The maximum Gasteiger partial charge on any atom is 0.100 e. The van der Waals surface area contributed by atoms with Gasteiger partial charge in [-0.1, -0.05) is 41.6 Å². The van der Waals surface area contributed by atoms with E-state index in [0.717, 1.165) is 15.4 Å². The maximum atomic E-state index is 9.06. The van der Waals surface area contributed by atoms with Gasteiger partial charge in [-0.3, -0.25) is 0 Å². The topological polar surface area (TPSA) is 23.8 Å². The molecule has 0 aliphatic heterocycles. The van der Waals surface area contributed by atoms with Crippen molar-refractivity contribution in [3.05, 3.63) is 58.6 Å². The summed E-state index contributed by atoms with van der Waals surface area (Å²) in [5.41, 5.74) is 1.82. The monoisotopic (exact) mass is 259 g/mol. The highest BCUT2D eigenvalue weighted by molar-refractivity contribution is 7.99. The molecule has 0 radical (unpaired) electrons. The third kappa shape index (κ3) is 2.82. The second-order valence-corrected chi connectivity index (χ2v) is 5.13. The van der Waals surface area contributed by atoms with E-state index in [1.165, 1.54) is 11.8 Å². The molecule has 0 aliphatic rings. The highest BCUT2D eigenvalue weighted by Gasteiger charge is 2.06. The first kappa shape index (κ1) is 12.0. The first-order valence-electron chi connectivity index (χ1n) is 5.14. The van der Waals surface area contributed by atoms with Crippen molar-refractivity contribution in [1.29, 1.82) is 5.26 Å². The highest BCUT2D eigenvalue weighted by atomic mass is 35.5. The summed E-state index contributed by atoms with van der Waals surface area (Å²) < 4.78 is 0. The molecule has 2 aromatic carbocycles. The SMILES string of the molecule is Cc1ccc(C#N)c(Sc2ccccc2Cl)c1. The van der Waals surface area contributed by atoms with Crippen LogP contribution in [0.15, 0.2) is 52.3 Å². The number of halogens is 1. The lowest BCUT2D eigenvalue weighted by molar-refractivity contribution is 1.30. The number of benzene rings is 2. The average Bonchev–Trinajstić information content (AvgIpc) is 2.32. The molecule has 0 aliphatic carbocycles. The van der Waals surface area contributed by atoms with E-state index in [1.54, 1.807) is 0 Å². The minimum absolute atomic E-state index is 0.681. The van der Waals surface area contributed by atoms with Crippen molar-refractivity contribution in [1.82, 2.24) is 0 Å². The molecule has 1 nitrogen and oxygen atoms in total. The number of nitriles is 1. The van der Waals surface area contributed by atoms with E-state index in [2.05, 4.69) is 6.07 Å². The minimum atomic E-state index is 0.681. The summed E-state index contributed by atoms with van der Waals surface area (Å²) in [6.07, 6.45) is 0. The number of rotatable bonds is 2. The van der Waals surface area contributed by atoms with E-state index in [9.17, 15) is 0 Å². The molecular formula is C14H10ClNS. The molecule has 0 saturated carbocycles. The van der Waals surface area contributed by atoms with Gasteiger partial charge in [0.05, 0.1) is 10.6 Å². The quantitative estimate of drug-likeness (QED) is 0.782. The summed E-state index contributed by atoms with van der Waals surface area (Å²) in [5, 5.41) is 9.77. The van der Waals surface area contributed by atoms with E-state index in [-0.39, 0.29) is 0 Å². The Balaban J connectivity index is 2.40. The van der Waals surface area contributed by atoms with E-state index in [1.807, 2.05) is 49.4 Å². The maximum absolute atomic E-state index is 9.06. The molecule has 3 heteroatoms. The lowest BCUT2D eigenvalue weighted by Crippen LogP contribution is -1.83. The zero-order valence-corrected chi connectivity index (χ0v) is 10.8. The first-order chi connectivity index (χ1) is 8.20. The third-order valence-electron chi connectivity index (χ3n) is 2.31. The Hall–Kier alpha value is -1.43. The standard InChI is InChI=1S/C14H10ClNS/c1-10-6-7-11(9-16)14(8-10)17-13-5-3-2-4-12(13)15/h2-8H,1H3. The molecule has 0 N–H and O–H groups in total. The first-order valence-corrected chi connectivity index (χ1v) is 6.33. The van der Waals surface area contributed by atoms with E-state index in [0.29, 0.717) is 10.6 Å². The number of aryl methyl sites for hydroxylation is 1. The van der Waals surface area contributed by atoms with Crippen LogP contribution in [0.4, 0.5) is 0 Å². The van der Waals surface area contributed by atoms with Gasteiger partial charge >= 0.3 is 0 Å². The Morgan fingerprint density at radius 1 is 1.12 bits per heavy atom. The molecule has 0 aromatic heterocycles. The fourth-order valence-electron chi connectivity index (χ4n) is 1.45. The third-order valence-corrected chi connectivity index (χ3v) is 3.89. The van der Waals surface area contributed by atoms with Crippen LogP contribution >= 0.6 is 23.4 Å². The molecule has 0 amide bonds. The Bertz CT molecular complexity index is 587. The van der Waals surface area contributed by atoms with Crippen LogP contribution in [0.1, 0.15) is 11.1 Å². The van der Waals surface area contributed by atoms with Crippen LogP contribution in [0.5, 0.6) is 0 Å². The molecule has 2 aromatic rings. The predicted octanol–water partition coefficient (Wildman–Crippen LogP) is 4.67. The Morgan fingerprint density at radius 3 is 2.59 bits per heavy atom. The fraction of sp³-hybridized carbons (Fsp3) is 0.0714. The van der Waals surface area contributed by atoms with Crippen LogP contribution in [0.2, 0.25) is 5.02 Å². The van der Waals surface area contributed by atoms with Gasteiger partial charge in [0.25, 0.3) is 0 Å². The molecule has 84 valence electrons. The van der Waals surface area contributed by atoms with Crippen molar-refractivity contribution < 1.29 is 0 Å². The molecule has 0 fully saturated rings. The average molecular weight is 260 g/mol. The molecule has 17 heavy (non-hydrogen) atoms. The fourth-order valence-corrected chi connectivity index (χ4v) is 2.72. The normalized spacial score (nSPS) is 9.94. The van der Waals surface area contributed by atoms with Gasteiger partial charge in [-0.25, -0.2) is 0 Å². The lowest BCUT2D eigenvalue weighted by atomic mass is 10.2. The summed E-state index contributed by atoms with van der Waals surface area (Å²) in [6, 6.07) is 15.6. The Morgan fingerprint density at radius 2 is 1.88 bits per heavy atom. The second-order valence-electron chi connectivity index (χ2n) is 3.64. The molecule has 0 bridgehead atoms. The molecular weight excluding hydrogens is 250 g/mol. The predicted molar refractivity (Wildman–Crippen MR) is 71.5 cm³/mol. The van der Waals surface area contributed by atoms with Gasteiger partial charge in [-0.15, -0.1) is 0 Å². The van der Waals surface area contributed by atoms with Gasteiger partial charge < -0.3 is 0 Å². The van der Waals surface area contributed by atoms with Crippen molar-refractivity contribution >= 4 is 23.4 Å². The van der Waals surface area contributed by atoms with Gasteiger partial charge in [0.2, 0.25) is 0 Å². The summed E-state index contributed by atoms with van der Waals surface area (Å²) in [5.74, 6) is 0. The highest BCUT2D eigenvalue weighted by Crippen LogP contribution is 2.35. The lowest BCUT2D eigenvalue weighted by Gasteiger charge is -2.06. The largest absolute Gasteiger partial charge is 0.192 e. The van der Waals surface area contributed by atoms with Gasteiger partial charge in [0.1, 0.15) is 6.07 Å². The van der Waals surface area contributed by atoms with Gasteiger partial charge in [0.15, 0.2) is 0 Å². The van der Waals surface area contributed by atoms with Crippen LogP contribution < -0.4 is 0 Å². The van der Waals surface area contributed by atoms with Crippen LogP contribution in [-0.4, -0.2) is 0 Å². The van der Waals surface area contributed by atoms with Crippen LogP contribution in [0.3, 0.4) is 0 Å². The summed E-state index contributed by atoms with van der Waals surface area (Å²) >= 11 is 7.63. The summed E-state index contributed by atoms with van der Waals surface area (Å²) in [6.45, 7) is 2.01. The van der Waals surface area contributed by atoms with E-state index < -0.39 is 0 Å². The Labute approximate surface area is 110 Å².